The van der Waals surface area contributed by atoms with Crippen molar-refractivity contribution in [3.63, 3.8) is 0 Å². The van der Waals surface area contributed by atoms with Crippen LogP contribution in [0.25, 0.3) is 0 Å². The van der Waals surface area contributed by atoms with Crippen LogP contribution in [0.1, 0.15) is 6.42 Å². The molecule has 0 spiro atoms. The van der Waals surface area contributed by atoms with Crippen molar-refractivity contribution in [3.8, 4) is 0 Å². The predicted molar refractivity (Wildman–Crippen MR) is 35.0 cm³/mol. The van der Waals surface area contributed by atoms with Crippen molar-refractivity contribution >= 4 is 11.8 Å². The van der Waals surface area contributed by atoms with E-state index in [9.17, 15) is 9.59 Å². The number of aliphatic hydroxyl groups is 2. The summed E-state index contributed by atoms with van der Waals surface area (Å²) in [6.07, 6.45) is -1.82. The van der Waals surface area contributed by atoms with Crippen molar-refractivity contribution in [1.29, 1.82) is 0 Å². The third-order valence-electron chi connectivity index (χ3n) is 0.835. The smallest absolute Gasteiger partial charge is 0.231 e. The highest BCUT2D eigenvalue weighted by Crippen LogP contribution is 1.79. The van der Waals surface area contributed by atoms with Crippen LogP contribution >= 0.6 is 0 Å². The van der Waals surface area contributed by atoms with E-state index in [1.165, 1.54) is 0 Å². The molecule has 0 rings (SSSR count). The minimum absolute atomic E-state index is 0.489. The van der Waals surface area contributed by atoms with E-state index in [0.717, 1.165) is 0 Å². The normalized spacial score (nSPS) is 12.2. The molecule has 1 atom stereocenters. The Morgan fingerprint density at radius 2 is 2.09 bits per heavy atom. The van der Waals surface area contributed by atoms with E-state index in [0.29, 0.717) is 0 Å². The second kappa shape index (κ2) is 4.64. The molecule has 5 N–H and O–H groups in total. The maximum absolute atomic E-state index is 10.5. The molecule has 64 valence electrons. The first-order chi connectivity index (χ1) is 5.06. The monoisotopic (exact) mass is 162 g/mol. The van der Waals surface area contributed by atoms with Gasteiger partial charge in [-0.05, 0) is 0 Å². The second-order valence-corrected chi connectivity index (χ2v) is 1.91. The van der Waals surface area contributed by atoms with Crippen LogP contribution in [-0.2, 0) is 9.59 Å². The minimum Gasteiger partial charge on any atom is -0.392 e. The molecular weight excluding hydrogens is 152 g/mol. The number of hydrogen-bond acceptors (Lipinski definition) is 4. The van der Waals surface area contributed by atoms with Gasteiger partial charge < -0.3 is 21.3 Å². The van der Waals surface area contributed by atoms with E-state index in [1.54, 1.807) is 0 Å². The van der Waals surface area contributed by atoms with Crippen LogP contribution in [0.2, 0.25) is 0 Å². The van der Waals surface area contributed by atoms with E-state index < -0.39 is 31.1 Å². The third kappa shape index (κ3) is 5.31. The van der Waals surface area contributed by atoms with Gasteiger partial charge in [0.15, 0.2) is 0 Å². The molecule has 1 unspecified atom stereocenters. The lowest BCUT2D eigenvalue weighted by atomic mass is 10.4. The van der Waals surface area contributed by atoms with Crippen LogP contribution < -0.4 is 11.1 Å². The highest BCUT2D eigenvalue weighted by Gasteiger charge is 2.09. The van der Waals surface area contributed by atoms with Crippen LogP contribution in [-0.4, -0.2) is 34.9 Å². The Morgan fingerprint density at radius 3 is 2.45 bits per heavy atom. The summed E-state index contributed by atoms with van der Waals surface area (Å²) < 4.78 is 0. The number of rotatable bonds is 4. The Morgan fingerprint density at radius 1 is 1.55 bits per heavy atom. The zero-order chi connectivity index (χ0) is 8.85. The van der Waals surface area contributed by atoms with Crippen molar-refractivity contribution in [1.82, 2.24) is 5.32 Å². The molecule has 11 heavy (non-hydrogen) atoms. The Bertz CT molecular complexity index is 159. The Hall–Kier alpha value is -1.14. The molecule has 0 heterocycles. The molecular formula is C5H10N2O4. The average molecular weight is 162 g/mol. The first kappa shape index (κ1) is 9.86. The summed E-state index contributed by atoms with van der Waals surface area (Å²) in [6.45, 7) is -0.593. The fourth-order valence-electron chi connectivity index (χ4n) is 0.441. The van der Waals surface area contributed by atoms with E-state index in [1.807, 2.05) is 5.32 Å². The molecule has 0 aromatic rings. The molecule has 6 nitrogen and oxygen atoms in total. The third-order valence-corrected chi connectivity index (χ3v) is 0.835. The van der Waals surface area contributed by atoms with Crippen molar-refractivity contribution in [2.24, 2.45) is 5.73 Å². The summed E-state index contributed by atoms with van der Waals surface area (Å²) in [5.41, 5.74) is 4.67. The molecule has 0 bridgehead atoms. The highest BCUT2D eigenvalue weighted by atomic mass is 16.3. The standard InChI is InChI=1S/C5H10N2O4/c6-3(9)1-4(10)7-5(11)2-8/h5,8,11H,1-2H2,(H2,6,9)(H,7,10). The number of hydrogen-bond donors (Lipinski definition) is 4. The summed E-state index contributed by atoms with van der Waals surface area (Å²) in [7, 11) is 0. The van der Waals surface area contributed by atoms with E-state index in [-0.39, 0.29) is 0 Å². The van der Waals surface area contributed by atoms with Crippen molar-refractivity contribution in [3.05, 3.63) is 0 Å². The lowest BCUT2D eigenvalue weighted by Gasteiger charge is -2.07. The second-order valence-electron chi connectivity index (χ2n) is 1.91. The van der Waals surface area contributed by atoms with Gasteiger partial charge in [-0.25, -0.2) is 0 Å². The topological polar surface area (TPSA) is 113 Å². The number of nitrogens with one attached hydrogen (secondary N) is 1. The van der Waals surface area contributed by atoms with Crippen molar-refractivity contribution in [2.75, 3.05) is 6.61 Å². The predicted octanol–water partition coefficient (Wildman–Crippen LogP) is -2.71. The summed E-state index contributed by atoms with van der Waals surface area (Å²) >= 11 is 0. The van der Waals surface area contributed by atoms with Gasteiger partial charge >= 0.3 is 0 Å². The van der Waals surface area contributed by atoms with Gasteiger partial charge in [-0.1, -0.05) is 0 Å². The van der Waals surface area contributed by atoms with Crippen LogP contribution in [0.5, 0.6) is 0 Å². The molecule has 0 radical (unpaired) electrons. The van der Waals surface area contributed by atoms with Gasteiger partial charge in [-0.15, -0.1) is 0 Å². The SMILES string of the molecule is NC(=O)CC(=O)NC(O)CO. The molecule has 0 aliphatic rings. The summed E-state index contributed by atoms with van der Waals surface area (Å²) in [5, 5.41) is 18.8. The summed E-state index contributed by atoms with van der Waals surface area (Å²) in [6, 6.07) is 0. The van der Waals surface area contributed by atoms with Crippen molar-refractivity contribution in [2.45, 2.75) is 12.6 Å². The lowest BCUT2D eigenvalue weighted by Crippen LogP contribution is -2.38. The van der Waals surface area contributed by atoms with E-state index in [4.69, 9.17) is 10.2 Å². The molecule has 0 saturated heterocycles. The maximum atomic E-state index is 10.5. The van der Waals surface area contributed by atoms with Crippen LogP contribution in [0.15, 0.2) is 0 Å². The first-order valence-electron chi connectivity index (χ1n) is 2.93. The fraction of sp³-hybridized carbons (Fsp3) is 0.600. The highest BCUT2D eigenvalue weighted by molar-refractivity contribution is 5.96. The maximum Gasteiger partial charge on any atom is 0.231 e. The summed E-state index contributed by atoms with van der Waals surface area (Å²) in [5.74, 6) is -1.49. The fourth-order valence-corrected chi connectivity index (χ4v) is 0.441. The number of carbonyl (C=O) groups is 2. The average Bonchev–Trinajstić information content (AvgIpc) is 1.85. The van der Waals surface area contributed by atoms with E-state index in [2.05, 4.69) is 5.73 Å². The van der Waals surface area contributed by atoms with Gasteiger partial charge in [-0.3, -0.25) is 9.59 Å². The molecule has 0 aromatic carbocycles. The number of primary amides is 1. The van der Waals surface area contributed by atoms with Crippen LogP contribution in [0.4, 0.5) is 0 Å². The van der Waals surface area contributed by atoms with Gasteiger partial charge in [0.1, 0.15) is 12.6 Å². The van der Waals surface area contributed by atoms with Gasteiger partial charge in [0.05, 0.1) is 6.61 Å². The van der Waals surface area contributed by atoms with Gasteiger partial charge in [0.2, 0.25) is 11.8 Å². The zero-order valence-electron chi connectivity index (χ0n) is 5.78. The molecule has 0 aliphatic carbocycles. The molecule has 2 amide bonds. The van der Waals surface area contributed by atoms with Gasteiger partial charge in [0, 0.05) is 0 Å². The van der Waals surface area contributed by atoms with Gasteiger partial charge in [-0.2, -0.15) is 0 Å². The summed E-state index contributed by atoms with van der Waals surface area (Å²) in [4.78, 5) is 20.6. The molecule has 6 heteroatoms. The number of amides is 2. The van der Waals surface area contributed by atoms with E-state index >= 15 is 0 Å². The first-order valence-corrected chi connectivity index (χ1v) is 2.93. The molecule has 0 aliphatic heterocycles. The quantitative estimate of drug-likeness (QED) is 0.266. The zero-order valence-corrected chi connectivity index (χ0v) is 5.78. The number of nitrogens with two attached hydrogens (primary N) is 1. The molecule has 0 saturated carbocycles. The lowest BCUT2D eigenvalue weighted by molar-refractivity contribution is -0.130. The van der Waals surface area contributed by atoms with Gasteiger partial charge in [0.25, 0.3) is 0 Å². The number of aliphatic hydroxyl groups excluding tert-OH is 2. The van der Waals surface area contributed by atoms with Crippen LogP contribution in [0.3, 0.4) is 0 Å². The molecule has 0 fully saturated rings. The Labute approximate surface area is 63.0 Å². The molecule has 0 aromatic heterocycles. The van der Waals surface area contributed by atoms with Crippen LogP contribution in [0, 0.1) is 0 Å². The number of carbonyl (C=O) groups excluding carboxylic acids is 2. The largest absolute Gasteiger partial charge is 0.392 e. The Kier molecular flexibility index (Phi) is 4.16. The Balaban J connectivity index is 3.60. The minimum atomic E-state index is -1.33. The van der Waals surface area contributed by atoms with Crippen molar-refractivity contribution < 1.29 is 19.8 Å².